The van der Waals surface area contributed by atoms with Gasteiger partial charge >= 0.3 is 7.82 Å². The molecule has 1 aromatic heterocycles. The van der Waals surface area contributed by atoms with Gasteiger partial charge in [0.15, 0.2) is 11.5 Å². The molecule has 0 fully saturated rings. The van der Waals surface area contributed by atoms with Crippen LogP contribution in [0.1, 0.15) is 0 Å². The molecule has 3 N–H and O–H groups in total. The number of nitrogens with one attached hydrogen (secondary N) is 1. The zero-order valence-electron chi connectivity index (χ0n) is 19.7. The van der Waals surface area contributed by atoms with Crippen molar-refractivity contribution >= 4 is 13.5 Å². The summed E-state index contributed by atoms with van der Waals surface area (Å²) in [6.45, 7) is 0. The average molecular weight is 495 g/mol. The molecule has 0 aliphatic rings. The second-order valence-corrected chi connectivity index (χ2v) is 9.07. The Labute approximate surface area is 203 Å². The largest absolute Gasteiger partial charge is 0.525 e. The molecule has 9 nitrogen and oxygen atoms in total. The molecule has 182 valence electrons. The van der Waals surface area contributed by atoms with Gasteiger partial charge in [-0.1, -0.05) is 42.5 Å². The van der Waals surface area contributed by atoms with Gasteiger partial charge in [0.1, 0.15) is 5.82 Å². The summed E-state index contributed by atoms with van der Waals surface area (Å²) < 4.78 is 27.0. The molecule has 0 aliphatic carbocycles. The van der Waals surface area contributed by atoms with Crippen LogP contribution in [0.4, 0.5) is 5.69 Å². The normalized spacial score (nSPS) is 11.3. The number of imidazole rings is 1. The van der Waals surface area contributed by atoms with E-state index in [4.69, 9.17) is 19.0 Å². The molecular formula is C25H26N3O6P. The van der Waals surface area contributed by atoms with Crippen LogP contribution < -0.4 is 18.9 Å². The lowest BCUT2D eigenvalue weighted by Crippen LogP contribution is -2.07. The average Bonchev–Trinajstić information content (AvgIpc) is 3.29. The fraction of sp³-hybridized carbons (Fsp3) is 0.160. The van der Waals surface area contributed by atoms with Gasteiger partial charge in [-0.25, -0.2) is 9.55 Å². The van der Waals surface area contributed by atoms with Crippen molar-refractivity contribution in [2.24, 2.45) is 0 Å². The quantitative estimate of drug-likeness (QED) is 0.294. The van der Waals surface area contributed by atoms with Gasteiger partial charge in [-0.15, -0.1) is 0 Å². The van der Waals surface area contributed by atoms with Crippen LogP contribution in [0.2, 0.25) is 0 Å². The summed E-state index contributed by atoms with van der Waals surface area (Å²) >= 11 is 0. The van der Waals surface area contributed by atoms with Crippen LogP contribution >= 0.6 is 7.82 Å². The summed E-state index contributed by atoms with van der Waals surface area (Å²) in [4.78, 5) is 28.9. The smallest absolute Gasteiger partial charge is 0.493 e. The molecule has 0 atom stereocenters. The van der Waals surface area contributed by atoms with Crippen molar-refractivity contribution in [2.75, 3.05) is 33.2 Å². The first-order valence-corrected chi connectivity index (χ1v) is 12.2. The Morgan fingerprint density at radius 1 is 0.857 bits per heavy atom. The molecule has 0 radical (unpaired) electrons. The Bertz CT molecular complexity index is 1340. The highest BCUT2D eigenvalue weighted by molar-refractivity contribution is 7.46. The number of H-pyrrole nitrogens is 1. The van der Waals surface area contributed by atoms with Crippen molar-refractivity contribution in [3.63, 3.8) is 0 Å². The number of methoxy groups -OCH3 is 2. The molecule has 0 amide bonds. The molecule has 0 unspecified atom stereocenters. The zero-order valence-corrected chi connectivity index (χ0v) is 20.6. The van der Waals surface area contributed by atoms with E-state index in [1.54, 1.807) is 12.1 Å². The minimum absolute atomic E-state index is 0.0947. The van der Waals surface area contributed by atoms with Crippen LogP contribution in [0.15, 0.2) is 66.7 Å². The van der Waals surface area contributed by atoms with Gasteiger partial charge < -0.3 is 23.9 Å². The van der Waals surface area contributed by atoms with Gasteiger partial charge in [0.2, 0.25) is 5.75 Å². The molecule has 35 heavy (non-hydrogen) atoms. The van der Waals surface area contributed by atoms with Gasteiger partial charge in [-0.3, -0.25) is 9.79 Å². The number of benzene rings is 3. The van der Waals surface area contributed by atoms with Gasteiger partial charge in [0.05, 0.1) is 25.6 Å². The highest BCUT2D eigenvalue weighted by Crippen LogP contribution is 2.49. The van der Waals surface area contributed by atoms with Gasteiger partial charge in [-0.2, -0.15) is 0 Å². The second kappa shape index (κ2) is 9.84. The summed E-state index contributed by atoms with van der Waals surface area (Å²) in [6, 6.07) is 21.1. The van der Waals surface area contributed by atoms with Crippen LogP contribution in [0.5, 0.6) is 17.2 Å². The lowest BCUT2D eigenvalue weighted by molar-refractivity contribution is 0.269. The molecule has 4 rings (SSSR count). The van der Waals surface area contributed by atoms with E-state index in [0.717, 1.165) is 28.2 Å². The first-order chi connectivity index (χ1) is 16.7. The maximum Gasteiger partial charge on any atom is 0.525 e. The number of anilines is 1. The van der Waals surface area contributed by atoms with Crippen molar-refractivity contribution in [3.8, 4) is 51.2 Å². The predicted octanol–water partition coefficient (Wildman–Crippen LogP) is 4.97. The Balaban J connectivity index is 1.87. The molecule has 0 saturated carbocycles. The zero-order chi connectivity index (χ0) is 25.2. The van der Waals surface area contributed by atoms with Crippen molar-refractivity contribution in [1.82, 2.24) is 9.97 Å². The standard InChI is InChI=1S/C25H26N3O6P/c1-28(2)19-12-10-17(11-13-19)23-22(16-8-6-5-7-9-16)26-25(27-23)18-14-20(32-3)24(21(15-18)33-4)34-35(29,30)31/h5-15H,1-4H3,(H,26,27)(H2,29,30,31). The molecule has 0 saturated heterocycles. The highest BCUT2D eigenvalue weighted by Gasteiger charge is 2.25. The molecule has 1 heterocycles. The van der Waals surface area contributed by atoms with Crippen molar-refractivity contribution in [2.45, 2.75) is 0 Å². The van der Waals surface area contributed by atoms with Gasteiger partial charge in [-0.05, 0) is 24.3 Å². The van der Waals surface area contributed by atoms with E-state index in [2.05, 4.69) is 4.98 Å². The fourth-order valence-electron chi connectivity index (χ4n) is 3.68. The van der Waals surface area contributed by atoms with Crippen LogP contribution in [-0.2, 0) is 4.57 Å². The minimum Gasteiger partial charge on any atom is -0.493 e. The lowest BCUT2D eigenvalue weighted by atomic mass is 10.0. The molecule has 0 bridgehead atoms. The van der Waals surface area contributed by atoms with E-state index < -0.39 is 7.82 Å². The maximum absolute atomic E-state index is 11.5. The summed E-state index contributed by atoms with van der Waals surface area (Å²) in [6.07, 6.45) is 0. The fourth-order valence-corrected chi connectivity index (χ4v) is 4.09. The third-order valence-corrected chi connectivity index (χ3v) is 5.79. The maximum atomic E-state index is 11.5. The molecule has 3 aromatic carbocycles. The molecule has 0 spiro atoms. The topological polar surface area (TPSA) is 117 Å². The number of rotatable bonds is 8. The minimum atomic E-state index is -4.84. The lowest BCUT2D eigenvalue weighted by Gasteiger charge is -2.15. The van der Waals surface area contributed by atoms with Gasteiger partial charge in [0, 0.05) is 36.5 Å². The molecule has 10 heteroatoms. The van der Waals surface area contributed by atoms with Crippen LogP contribution in [0, 0.1) is 0 Å². The highest BCUT2D eigenvalue weighted by atomic mass is 31.2. The third kappa shape index (κ3) is 5.33. The number of phosphoric acid groups is 1. The van der Waals surface area contributed by atoms with Crippen molar-refractivity contribution < 1.29 is 28.3 Å². The number of hydrogen-bond acceptors (Lipinski definition) is 6. The Morgan fingerprint density at radius 3 is 1.97 bits per heavy atom. The summed E-state index contributed by atoms with van der Waals surface area (Å²) in [5.41, 5.74) is 5.12. The number of aromatic nitrogens is 2. The van der Waals surface area contributed by atoms with Crippen molar-refractivity contribution in [1.29, 1.82) is 0 Å². The third-order valence-electron chi connectivity index (χ3n) is 5.37. The first-order valence-electron chi connectivity index (χ1n) is 10.6. The molecular weight excluding hydrogens is 469 g/mol. The summed E-state index contributed by atoms with van der Waals surface area (Å²) in [7, 11) is 1.88. The van der Waals surface area contributed by atoms with Crippen LogP contribution in [0.3, 0.4) is 0 Å². The summed E-state index contributed by atoms with van der Waals surface area (Å²) in [5, 5.41) is 0. The van der Waals surface area contributed by atoms with E-state index >= 15 is 0 Å². The Kier molecular flexibility index (Phi) is 6.84. The SMILES string of the molecule is COc1cc(-c2nc(-c3ccc(N(C)C)cc3)c(-c3ccccc3)[nH]2)cc(OC)c1OP(=O)(O)O. The summed E-state index contributed by atoms with van der Waals surface area (Å²) in [5.74, 6) is 0.519. The molecule has 0 aliphatic heterocycles. The van der Waals surface area contributed by atoms with E-state index in [1.807, 2.05) is 73.6 Å². The number of phosphoric ester groups is 1. The predicted molar refractivity (Wildman–Crippen MR) is 135 cm³/mol. The number of ether oxygens (including phenoxy) is 2. The van der Waals surface area contributed by atoms with E-state index in [0.29, 0.717) is 11.4 Å². The van der Waals surface area contributed by atoms with E-state index in [9.17, 15) is 14.4 Å². The van der Waals surface area contributed by atoms with E-state index in [1.165, 1.54) is 14.2 Å². The second-order valence-electron chi connectivity index (χ2n) is 7.91. The monoisotopic (exact) mass is 495 g/mol. The Hall–Kier alpha value is -3.78. The van der Waals surface area contributed by atoms with Crippen molar-refractivity contribution in [3.05, 3.63) is 66.7 Å². The molecule has 4 aromatic rings. The first kappa shape index (κ1) is 24.3. The number of hydrogen-bond donors (Lipinski definition) is 3. The van der Waals surface area contributed by atoms with Crippen LogP contribution in [0.25, 0.3) is 33.9 Å². The van der Waals surface area contributed by atoms with E-state index in [-0.39, 0.29) is 17.2 Å². The van der Waals surface area contributed by atoms with Crippen LogP contribution in [-0.4, -0.2) is 48.1 Å². The Morgan fingerprint density at radius 2 is 1.46 bits per heavy atom. The van der Waals surface area contributed by atoms with Gasteiger partial charge in [0.25, 0.3) is 0 Å². The number of aromatic amines is 1. The number of nitrogens with zero attached hydrogens (tertiary/aromatic N) is 2.